The van der Waals surface area contributed by atoms with E-state index in [1.807, 2.05) is 12.1 Å². The molecule has 2 amide bonds. The van der Waals surface area contributed by atoms with Crippen molar-refractivity contribution in [2.24, 2.45) is 0 Å². The fraction of sp³-hybridized carbons (Fsp3) is 0.500. The fourth-order valence-corrected chi connectivity index (χ4v) is 1.42. The molecule has 1 rings (SSSR count). The van der Waals surface area contributed by atoms with Crippen LogP contribution in [0.15, 0.2) is 24.5 Å². The predicted molar refractivity (Wildman–Crippen MR) is 64.6 cm³/mol. The summed E-state index contributed by atoms with van der Waals surface area (Å²) >= 11 is 0. The molecule has 0 aliphatic heterocycles. The van der Waals surface area contributed by atoms with Gasteiger partial charge in [-0.3, -0.25) is 4.98 Å². The lowest BCUT2D eigenvalue weighted by molar-refractivity contribution is -0.132. The van der Waals surface area contributed by atoms with Crippen LogP contribution in [0.25, 0.3) is 0 Å². The molecule has 4 nitrogen and oxygen atoms in total. The Morgan fingerprint density at radius 3 is 2.42 bits per heavy atom. The van der Waals surface area contributed by atoms with Crippen molar-refractivity contribution in [3.63, 3.8) is 0 Å². The van der Waals surface area contributed by atoms with Crippen LogP contribution < -0.4 is 10.6 Å². The third-order valence-electron chi connectivity index (χ3n) is 2.37. The summed E-state index contributed by atoms with van der Waals surface area (Å²) in [5, 5.41) is 4.66. The summed E-state index contributed by atoms with van der Waals surface area (Å²) in [6, 6.07) is 3.19. The number of urea groups is 1. The highest BCUT2D eigenvalue weighted by molar-refractivity contribution is 5.73. The number of nitrogens with one attached hydrogen (secondary N) is 2. The van der Waals surface area contributed by atoms with Gasteiger partial charge in [-0.2, -0.15) is 13.2 Å². The summed E-state index contributed by atoms with van der Waals surface area (Å²) in [5.74, 6) is 0. The zero-order valence-corrected chi connectivity index (χ0v) is 10.3. The maximum Gasteiger partial charge on any atom is 0.390 e. The van der Waals surface area contributed by atoms with E-state index in [-0.39, 0.29) is 0 Å². The van der Waals surface area contributed by atoms with Crippen LogP contribution in [-0.4, -0.2) is 30.3 Å². The molecule has 0 fully saturated rings. The highest BCUT2D eigenvalue weighted by Crippen LogP contribution is 2.17. The maximum absolute atomic E-state index is 11.8. The average molecular weight is 275 g/mol. The van der Waals surface area contributed by atoms with Crippen molar-refractivity contribution in [1.29, 1.82) is 0 Å². The first-order valence-corrected chi connectivity index (χ1v) is 5.95. The summed E-state index contributed by atoms with van der Waals surface area (Å²) in [5.41, 5.74) is 1.11. The molecule has 1 heterocycles. The molecule has 0 saturated heterocycles. The van der Waals surface area contributed by atoms with Crippen molar-refractivity contribution in [3.05, 3.63) is 30.1 Å². The number of carbonyl (C=O) groups excluding carboxylic acids is 1. The van der Waals surface area contributed by atoms with Crippen molar-refractivity contribution in [1.82, 2.24) is 15.6 Å². The highest BCUT2D eigenvalue weighted by atomic mass is 19.4. The topological polar surface area (TPSA) is 54.0 Å². The van der Waals surface area contributed by atoms with E-state index < -0.39 is 25.2 Å². The molecule has 1 aromatic rings. The summed E-state index contributed by atoms with van der Waals surface area (Å²) < 4.78 is 35.5. The number of aromatic nitrogens is 1. The first-order valence-electron chi connectivity index (χ1n) is 5.95. The van der Waals surface area contributed by atoms with E-state index in [0.717, 1.165) is 18.4 Å². The Kier molecular flexibility index (Phi) is 6.11. The molecule has 1 aromatic heterocycles. The van der Waals surface area contributed by atoms with Crippen LogP contribution in [0.3, 0.4) is 0 Å². The standard InChI is InChI=1S/C12H16F3N3O/c13-12(14,15)5-9-18-11(19)17-6-1-2-10-3-7-16-8-4-10/h3-4,7-8H,1-2,5-6,9H2,(H2,17,18,19). The van der Waals surface area contributed by atoms with Gasteiger partial charge in [-0.15, -0.1) is 0 Å². The molecular weight excluding hydrogens is 259 g/mol. The third kappa shape index (κ3) is 8.01. The first kappa shape index (κ1) is 15.3. The largest absolute Gasteiger partial charge is 0.390 e. The molecule has 0 radical (unpaired) electrons. The molecule has 7 heteroatoms. The van der Waals surface area contributed by atoms with E-state index in [1.165, 1.54) is 0 Å². The van der Waals surface area contributed by atoms with Gasteiger partial charge in [-0.05, 0) is 30.5 Å². The SMILES string of the molecule is O=C(NCCCc1ccncc1)NCCC(F)(F)F. The molecule has 0 bridgehead atoms. The van der Waals surface area contributed by atoms with Crippen LogP contribution in [-0.2, 0) is 6.42 Å². The minimum absolute atomic E-state index is 0.403. The normalized spacial score (nSPS) is 11.1. The molecule has 0 aliphatic carbocycles. The minimum Gasteiger partial charge on any atom is -0.338 e. The summed E-state index contributed by atoms with van der Waals surface area (Å²) in [7, 11) is 0. The molecule has 106 valence electrons. The van der Waals surface area contributed by atoms with Gasteiger partial charge in [0.15, 0.2) is 0 Å². The number of hydrogen-bond acceptors (Lipinski definition) is 2. The molecule has 0 spiro atoms. The number of halogens is 3. The lowest BCUT2D eigenvalue weighted by atomic mass is 10.1. The molecule has 19 heavy (non-hydrogen) atoms. The van der Waals surface area contributed by atoms with E-state index in [4.69, 9.17) is 0 Å². The summed E-state index contributed by atoms with van der Waals surface area (Å²) in [4.78, 5) is 15.0. The van der Waals surface area contributed by atoms with Crippen LogP contribution in [0.1, 0.15) is 18.4 Å². The van der Waals surface area contributed by atoms with E-state index in [0.29, 0.717) is 6.54 Å². The van der Waals surface area contributed by atoms with Crippen molar-refractivity contribution < 1.29 is 18.0 Å². The van der Waals surface area contributed by atoms with Crippen LogP contribution in [0.5, 0.6) is 0 Å². The second-order valence-corrected chi connectivity index (χ2v) is 4.01. The molecular formula is C12H16F3N3O. The second-order valence-electron chi connectivity index (χ2n) is 4.01. The molecule has 0 aromatic carbocycles. The number of hydrogen-bond donors (Lipinski definition) is 2. The fourth-order valence-electron chi connectivity index (χ4n) is 1.42. The van der Waals surface area contributed by atoms with E-state index in [9.17, 15) is 18.0 Å². The van der Waals surface area contributed by atoms with E-state index in [2.05, 4.69) is 15.6 Å². The Morgan fingerprint density at radius 2 is 1.79 bits per heavy atom. The monoisotopic (exact) mass is 275 g/mol. The number of pyridine rings is 1. The van der Waals surface area contributed by atoms with E-state index >= 15 is 0 Å². The Bertz CT molecular complexity index is 382. The van der Waals surface area contributed by atoms with Gasteiger partial charge in [0.25, 0.3) is 0 Å². The lowest BCUT2D eigenvalue weighted by Crippen LogP contribution is -2.37. The van der Waals surface area contributed by atoms with Crippen molar-refractivity contribution in [3.8, 4) is 0 Å². The zero-order valence-electron chi connectivity index (χ0n) is 10.3. The molecule has 0 saturated carbocycles. The summed E-state index contributed by atoms with van der Waals surface area (Å²) in [6.07, 6.45) is -0.382. The van der Waals surface area contributed by atoms with Gasteiger partial charge in [0.2, 0.25) is 0 Å². The van der Waals surface area contributed by atoms with Gasteiger partial charge in [0.05, 0.1) is 6.42 Å². The Morgan fingerprint density at radius 1 is 1.16 bits per heavy atom. The number of rotatable bonds is 6. The molecule has 2 N–H and O–H groups in total. The van der Waals surface area contributed by atoms with Crippen LogP contribution in [0.4, 0.5) is 18.0 Å². The van der Waals surface area contributed by atoms with Crippen molar-refractivity contribution >= 4 is 6.03 Å². The number of aryl methyl sites for hydroxylation is 1. The van der Waals surface area contributed by atoms with Crippen LogP contribution >= 0.6 is 0 Å². The lowest BCUT2D eigenvalue weighted by Gasteiger charge is -2.09. The van der Waals surface area contributed by atoms with Crippen LogP contribution in [0, 0.1) is 0 Å². The van der Waals surface area contributed by atoms with Gasteiger partial charge < -0.3 is 10.6 Å². The van der Waals surface area contributed by atoms with Gasteiger partial charge in [0.1, 0.15) is 0 Å². The average Bonchev–Trinajstić information content (AvgIpc) is 2.34. The number of alkyl halides is 3. The highest BCUT2D eigenvalue weighted by Gasteiger charge is 2.26. The van der Waals surface area contributed by atoms with Crippen molar-refractivity contribution in [2.45, 2.75) is 25.4 Å². The first-order chi connectivity index (χ1) is 8.97. The quantitative estimate of drug-likeness (QED) is 0.782. The minimum atomic E-state index is -4.24. The van der Waals surface area contributed by atoms with E-state index in [1.54, 1.807) is 12.4 Å². The number of amides is 2. The van der Waals surface area contributed by atoms with Gasteiger partial charge in [-0.25, -0.2) is 4.79 Å². The maximum atomic E-state index is 11.8. The van der Waals surface area contributed by atoms with Gasteiger partial charge >= 0.3 is 12.2 Å². The van der Waals surface area contributed by atoms with Crippen molar-refractivity contribution in [2.75, 3.05) is 13.1 Å². The zero-order chi connectivity index (χ0) is 14.1. The summed E-state index contributed by atoms with van der Waals surface area (Å²) in [6.45, 7) is 0.0138. The Balaban J connectivity index is 2.05. The molecule has 0 unspecified atom stereocenters. The Hall–Kier alpha value is -1.79. The van der Waals surface area contributed by atoms with Gasteiger partial charge in [0, 0.05) is 25.5 Å². The predicted octanol–water partition coefficient (Wildman–Crippen LogP) is 2.27. The smallest absolute Gasteiger partial charge is 0.338 e. The Labute approximate surface area is 109 Å². The van der Waals surface area contributed by atoms with Crippen LogP contribution in [0.2, 0.25) is 0 Å². The molecule has 0 atom stereocenters. The number of nitrogens with zero attached hydrogens (tertiary/aromatic N) is 1. The molecule has 0 aliphatic rings. The number of carbonyl (C=O) groups is 1. The van der Waals surface area contributed by atoms with Gasteiger partial charge in [-0.1, -0.05) is 0 Å². The third-order valence-corrected chi connectivity index (χ3v) is 2.37. The second kappa shape index (κ2) is 7.60.